The minimum Gasteiger partial charge on any atom is -0.487 e. The molecule has 0 spiro atoms. The summed E-state index contributed by atoms with van der Waals surface area (Å²) in [5.74, 6) is 2.25. The molecule has 8 nitrogen and oxygen atoms in total. The van der Waals surface area contributed by atoms with Crippen molar-refractivity contribution < 1.29 is 9.26 Å². The van der Waals surface area contributed by atoms with Crippen LogP contribution in [0.25, 0.3) is 0 Å². The zero-order valence-electron chi connectivity index (χ0n) is 13.9. The number of aromatic nitrogens is 4. The van der Waals surface area contributed by atoms with E-state index in [-0.39, 0.29) is 12.2 Å². The Kier molecular flexibility index (Phi) is 3.72. The van der Waals surface area contributed by atoms with Gasteiger partial charge in [-0.25, -0.2) is 4.98 Å². The van der Waals surface area contributed by atoms with Crippen LogP contribution in [0.15, 0.2) is 33.6 Å². The summed E-state index contributed by atoms with van der Waals surface area (Å²) < 4.78 is 10.9. The molecule has 0 unspecified atom stereocenters. The van der Waals surface area contributed by atoms with Crippen LogP contribution in [0.3, 0.4) is 0 Å². The molecule has 0 amide bonds. The van der Waals surface area contributed by atoms with Gasteiger partial charge in [-0.05, 0) is 18.6 Å². The number of H-pyrrole nitrogens is 1. The Morgan fingerprint density at radius 2 is 2.12 bits per heavy atom. The summed E-state index contributed by atoms with van der Waals surface area (Å²) in [7, 11) is 1.80. The lowest BCUT2D eigenvalue weighted by Gasteiger charge is -2.16. The SMILES string of the molecule is Cc1noc(CN(C)c2nc3c(c(=O)[nH]2)Cc2ccccc2OC3)n1. The van der Waals surface area contributed by atoms with Crippen LogP contribution in [0.1, 0.15) is 28.5 Å². The van der Waals surface area contributed by atoms with Gasteiger partial charge in [-0.3, -0.25) is 9.78 Å². The van der Waals surface area contributed by atoms with Crippen molar-refractivity contribution in [2.45, 2.75) is 26.5 Å². The monoisotopic (exact) mass is 339 g/mol. The predicted molar refractivity (Wildman–Crippen MR) is 89.6 cm³/mol. The fraction of sp³-hybridized carbons (Fsp3) is 0.294. The number of nitrogens with zero attached hydrogens (tertiary/aromatic N) is 4. The molecule has 2 aromatic heterocycles. The van der Waals surface area contributed by atoms with Gasteiger partial charge >= 0.3 is 0 Å². The van der Waals surface area contributed by atoms with Crippen molar-refractivity contribution in [1.82, 2.24) is 20.1 Å². The highest BCUT2D eigenvalue weighted by atomic mass is 16.5. The van der Waals surface area contributed by atoms with Gasteiger partial charge < -0.3 is 14.2 Å². The maximum Gasteiger partial charge on any atom is 0.256 e. The first-order valence-electron chi connectivity index (χ1n) is 7.93. The number of nitrogens with one attached hydrogen (secondary N) is 1. The van der Waals surface area contributed by atoms with E-state index in [9.17, 15) is 4.79 Å². The molecule has 1 aliphatic rings. The fourth-order valence-corrected chi connectivity index (χ4v) is 2.82. The highest BCUT2D eigenvalue weighted by molar-refractivity contribution is 5.42. The lowest BCUT2D eigenvalue weighted by molar-refractivity contribution is 0.302. The summed E-state index contributed by atoms with van der Waals surface area (Å²) in [5.41, 5.74) is 2.10. The smallest absolute Gasteiger partial charge is 0.256 e. The number of rotatable bonds is 3. The molecule has 0 atom stereocenters. The molecule has 3 aromatic rings. The van der Waals surface area contributed by atoms with E-state index in [0.29, 0.717) is 41.9 Å². The summed E-state index contributed by atoms with van der Waals surface area (Å²) in [4.78, 5) is 25.9. The van der Waals surface area contributed by atoms with Gasteiger partial charge in [0, 0.05) is 19.0 Å². The average molecular weight is 339 g/mol. The summed E-state index contributed by atoms with van der Waals surface area (Å²) in [6.07, 6.45) is 0.501. The van der Waals surface area contributed by atoms with Gasteiger partial charge in [0.2, 0.25) is 11.8 Å². The molecule has 0 fully saturated rings. The van der Waals surface area contributed by atoms with Crippen LogP contribution in [-0.4, -0.2) is 27.2 Å². The van der Waals surface area contributed by atoms with Crippen molar-refractivity contribution >= 4 is 5.95 Å². The first-order chi connectivity index (χ1) is 12.1. The highest BCUT2D eigenvalue weighted by Gasteiger charge is 2.20. The van der Waals surface area contributed by atoms with E-state index in [1.54, 1.807) is 18.9 Å². The average Bonchev–Trinajstić information content (AvgIpc) is 2.90. The van der Waals surface area contributed by atoms with Crippen molar-refractivity contribution in [3.05, 3.63) is 63.2 Å². The van der Waals surface area contributed by atoms with Crippen molar-refractivity contribution in [2.24, 2.45) is 0 Å². The van der Waals surface area contributed by atoms with Crippen LogP contribution in [0.2, 0.25) is 0 Å². The zero-order valence-corrected chi connectivity index (χ0v) is 13.9. The van der Waals surface area contributed by atoms with Crippen molar-refractivity contribution in [1.29, 1.82) is 0 Å². The maximum absolute atomic E-state index is 12.6. The molecule has 0 aliphatic carbocycles. The Bertz CT molecular complexity index is 978. The van der Waals surface area contributed by atoms with Crippen LogP contribution in [0.4, 0.5) is 5.95 Å². The third-order valence-electron chi connectivity index (χ3n) is 4.10. The number of benzene rings is 1. The van der Waals surface area contributed by atoms with E-state index in [1.165, 1.54) is 0 Å². The molecule has 0 saturated carbocycles. The zero-order chi connectivity index (χ0) is 17.4. The number of para-hydroxylation sites is 1. The molecule has 3 heterocycles. The van der Waals surface area contributed by atoms with E-state index in [2.05, 4.69) is 20.1 Å². The lowest BCUT2D eigenvalue weighted by atomic mass is 10.1. The van der Waals surface area contributed by atoms with E-state index < -0.39 is 0 Å². The summed E-state index contributed by atoms with van der Waals surface area (Å²) in [5, 5.41) is 3.76. The maximum atomic E-state index is 12.6. The molecule has 1 aromatic carbocycles. The standard InChI is InChI=1S/C17H17N5O3/c1-10-18-15(25-21-10)8-22(2)17-19-13-9-24-14-6-4-3-5-11(14)7-12(13)16(23)20-17/h3-6H,7-9H2,1-2H3,(H,19,20,23). The number of aromatic amines is 1. The van der Waals surface area contributed by atoms with Crippen LogP contribution in [-0.2, 0) is 19.6 Å². The van der Waals surface area contributed by atoms with E-state index in [4.69, 9.17) is 9.26 Å². The lowest BCUT2D eigenvalue weighted by Crippen LogP contribution is -2.26. The first kappa shape index (κ1) is 15.4. The Hall–Kier alpha value is -3.16. The highest BCUT2D eigenvalue weighted by Crippen LogP contribution is 2.26. The van der Waals surface area contributed by atoms with Crippen molar-refractivity contribution in [2.75, 3.05) is 11.9 Å². The summed E-state index contributed by atoms with van der Waals surface area (Å²) in [6.45, 7) is 2.37. The fourth-order valence-electron chi connectivity index (χ4n) is 2.82. The van der Waals surface area contributed by atoms with Gasteiger partial charge in [0.1, 0.15) is 12.4 Å². The number of fused-ring (bicyclic) bond motifs is 2. The van der Waals surface area contributed by atoms with Gasteiger partial charge in [-0.2, -0.15) is 4.98 Å². The first-order valence-corrected chi connectivity index (χ1v) is 7.93. The second-order valence-corrected chi connectivity index (χ2v) is 5.98. The Labute approximate surface area is 143 Å². The number of ether oxygens (including phenoxy) is 1. The summed E-state index contributed by atoms with van der Waals surface area (Å²) in [6, 6.07) is 7.71. The topological polar surface area (TPSA) is 97.1 Å². The third-order valence-corrected chi connectivity index (χ3v) is 4.10. The Balaban J connectivity index is 1.65. The Morgan fingerprint density at radius 3 is 2.92 bits per heavy atom. The van der Waals surface area contributed by atoms with Crippen LogP contribution >= 0.6 is 0 Å². The molecule has 0 bridgehead atoms. The van der Waals surface area contributed by atoms with Crippen LogP contribution < -0.4 is 15.2 Å². The molecule has 4 rings (SSSR count). The number of hydrogen-bond donors (Lipinski definition) is 1. The van der Waals surface area contributed by atoms with E-state index >= 15 is 0 Å². The molecule has 25 heavy (non-hydrogen) atoms. The van der Waals surface area contributed by atoms with Gasteiger partial charge in [-0.1, -0.05) is 23.4 Å². The second-order valence-electron chi connectivity index (χ2n) is 5.98. The largest absolute Gasteiger partial charge is 0.487 e. The summed E-state index contributed by atoms with van der Waals surface area (Å²) >= 11 is 0. The minimum absolute atomic E-state index is 0.158. The molecule has 128 valence electrons. The second kappa shape index (κ2) is 6.04. The quantitative estimate of drug-likeness (QED) is 0.773. The van der Waals surface area contributed by atoms with Gasteiger partial charge in [-0.15, -0.1) is 0 Å². The van der Waals surface area contributed by atoms with E-state index in [0.717, 1.165) is 11.3 Å². The molecular formula is C17H17N5O3. The molecular weight excluding hydrogens is 322 g/mol. The normalized spacial score (nSPS) is 12.7. The molecule has 1 aliphatic heterocycles. The Morgan fingerprint density at radius 1 is 1.28 bits per heavy atom. The van der Waals surface area contributed by atoms with Crippen LogP contribution in [0.5, 0.6) is 5.75 Å². The van der Waals surface area contributed by atoms with E-state index in [1.807, 2.05) is 24.3 Å². The van der Waals surface area contributed by atoms with Crippen molar-refractivity contribution in [3.63, 3.8) is 0 Å². The molecule has 1 N–H and O–H groups in total. The van der Waals surface area contributed by atoms with Crippen LogP contribution in [0, 0.1) is 6.92 Å². The molecule has 0 radical (unpaired) electrons. The van der Waals surface area contributed by atoms with Gasteiger partial charge in [0.25, 0.3) is 5.56 Å². The van der Waals surface area contributed by atoms with Gasteiger partial charge in [0.15, 0.2) is 5.82 Å². The molecule has 0 saturated heterocycles. The number of aryl methyl sites for hydroxylation is 1. The number of hydrogen-bond acceptors (Lipinski definition) is 7. The van der Waals surface area contributed by atoms with Gasteiger partial charge in [0.05, 0.1) is 12.2 Å². The predicted octanol–water partition coefficient (Wildman–Crippen LogP) is 1.58. The third kappa shape index (κ3) is 2.98. The molecule has 8 heteroatoms. The number of anilines is 1. The van der Waals surface area contributed by atoms with Crippen molar-refractivity contribution in [3.8, 4) is 5.75 Å². The minimum atomic E-state index is -0.158.